The summed E-state index contributed by atoms with van der Waals surface area (Å²) in [4.78, 5) is 49.9. The lowest BCUT2D eigenvalue weighted by atomic mass is 10.2. The molecule has 35 heavy (non-hydrogen) atoms. The van der Waals surface area contributed by atoms with Gasteiger partial charge in [-0.1, -0.05) is 18.2 Å². The van der Waals surface area contributed by atoms with E-state index in [-0.39, 0.29) is 23.5 Å². The SMILES string of the molecule is COc1cc(/C=C2\SC(=O)N(CC(=O)OC(C)C)C2=O)ccc1OCC(=O)Nc1cccc(C)c1. The number of nitrogens with one attached hydrogen (secondary N) is 1. The quantitative estimate of drug-likeness (QED) is 0.408. The van der Waals surface area contributed by atoms with Crippen LogP contribution in [0.1, 0.15) is 25.0 Å². The average molecular weight is 499 g/mol. The molecule has 1 fully saturated rings. The maximum absolute atomic E-state index is 12.6. The van der Waals surface area contributed by atoms with E-state index in [9.17, 15) is 19.2 Å². The van der Waals surface area contributed by atoms with Crippen molar-refractivity contribution in [1.29, 1.82) is 0 Å². The number of anilines is 1. The third-order valence-corrected chi connectivity index (χ3v) is 5.58. The highest BCUT2D eigenvalue weighted by Gasteiger charge is 2.36. The summed E-state index contributed by atoms with van der Waals surface area (Å²) in [6.45, 7) is 4.63. The highest BCUT2D eigenvalue weighted by atomic mass is 32.2. The van der Waals surface area contributed by atoms with Crippen molar-refractivity contribution in [1.82, 2.24) is 4.90 Å². The lowest BCUT2D eigenvalue weighted by molar-refractivity contribution is -0.149. The van der Waals surface area contributed by atoms with E-state index < -0.39 is 23.7 Å². The van der Waals surface area contributed by atoms with Gasteiger partial charge in [-0.3, -0.25) is 24.1 Å². The van der Waals surface area contributed by atoms with Crippen LogP contribution in [0.5, 0.6) is 11.5 Å². The van der Waals surface area contributed by atoms with Gasteiger partial charge in [-0.15, -0.1) is 0 Å². The van der Waals surface area contributed by atoms with Crippen molar-refractivity contribution in [3.8, 4) is 11.5 Å². The molecule has 1 N–H and O–H groups in total. The van der Waals surface area contributed by atoms with Crippen molar-refractivity contribution in [2.75, 3.05) is 25.6 Å². The molecule has 2 aromatic carbocycles. The number of thioether (sulfide) groups is 1. The van der Waals surface area contributed by atoms with E-state index in [1.54, 1.807) is 38.1 Å². The molecule has 3 rings (SSSR count). The Bertz CT molecular complexity index is 1180. The van der Waals surface area contributed by atoms with Gasteiger partial charge in [0, 0.05) is 5.69 Å². The Morgan fingerprint density at radius 2 is 1.89 bits per heavy atom. The molecule has 1 heterocycles. The van der Waals surface area contributed by atoms with Crippen molar-refractivity contribution >= 4 is 46.5 Å². The molecular weight excluding hydrogens is 472 g/mol. The molecule has 184 valence electrons. The maximum Gasteiger partial charge on any atom is 0.326 e. The minimum Gasteiger partial charge on any atom is -0.493 e. The zero-order valence-electron chi connectivity index (χ0n) is 19.8. The Hall–Kier alpha value is -3.79. The standard InChI is InChI=1S/C25H26N2O7S/c1-15(2)34-23(29)13-27-24(30)21(35-25(27)31)12-17-8-9-19(20(11-17)32-4)33-14-22(28)26-18-7-5-6-16(3)10-18/h5-12,15H,13-14H2,1-4H3,(H,26,28)/b21-12-. The number of hydrogen-bond donors (Lipinski definition) is 1. The van der Waals surface area contributed by atoms with E-state index in [1.165, 1.54) is 13.2 Å². The average Bonchev–Trinajstić information content (AvgIpc) is 3.04. The second-order valence-electron chi connectivity index (χ2n) is 7.92. The molecular formula is C25H26N2O7S. The zero-order valence-corrected chi connectivity index (χ0v) is 20.6. The fraction of sp³-hybridized carbons (Fsp3) is 0.280. The number of ether oxygens (including phenoxy) is 3. The molecule has 10 heteroatoms. The monoisotopic (exact) mass is 498 g/mol. The molecule has 1 saturated heterocycles. The summed E-state index contributed by atoms with van der Waals surface area (Å²) in [7, 11) is 1.45. The van der Waals surface area contributed by atoms with Crippen molar-refractivity contribution in [3.05, 3.63) is 58.5 Å². The minimum absolute atomic E-state index is 0.167. The first-order valence-electron chi connectivity index (χ1n) is 10.8. The summed E-state index contributed by atoms with van der Waals surface area (Å²) >= 11 is 0.737. The van der Waals surface area contributed by atoms with E-state index in [1.807, 2.05) is 25.1 Å². The Labute approximate surface area is 207 Å². The number of carbonyl (C=O) groups excluding carboxylic acids is 4. The molecule has 0 aromatic heterocycles. The molecule has 0 radical (unpaired) electrons. The van der Waals surface area contributed by atoms with Crippen LogP contribution < -0.4 is 14.8 Å². The highest BCUT2D eigenvalue weighted by Crippen LogP contribution is 2.34. The van der Waals surface area contributed by atoms with E-state index in [4.69, 9.17) is 14.2 Å². The first kappa shape index (κ1) is 25.8. The second kappa shape index (κ2) is 11.6. The van der Waals surface area contributed by atoms with Crippen LogP contribution in [0.3, 0.4) is 0 Å². The van der Waals surface area contributed by atoms with Gasteiger partial charge in [0.1, 0.15) is 6.54 Å². The van der Waals surface area contributed by atoms with Gasteiger partial charge in [-0.2, -0.15) is 0 Å². The number of rotatable bonds is 9. The number of hydrogen-bond acceptors (Lipinski definition) is 8. The van der Waals surface area contributed by atoms with Gasteiger partial charge in [0.15, 0.2) is 18.1 Å². The number of aryl methyl sites for hydroxylation is 1. The number of methoxy groups -OCH3 is 1. The molecule has 0 aliphatic carbocycles. The molecule has 0 unspecified atom stereocenters. The molecule has 9 nitrogen and oxygen atoms in total. The number of benzene rings is 2. The summed E-state index contributed by atoms with van der Waals surface area (Å²) in [5.74, 6) is -0.868. The summed E-state index contributed by atoms with van der Waals surface area (Å²) < 4.78 is 16.0. The van der Waals surface area contributed by atoms with E-state index >= 15 is 0 Å². The number of nitrogens with zero attached hydrogens (tertiary/aromatic N) is 1. The Morgan fingerprint density at radius 1 is 1.11 bits per heavy atom. The van der Waals surface area contributed by atoms with Gasteiger partial charge >= 0.3 is 5.97 Å². The van der Waals surface area contributed by atoms with Gasteiger partial charge in [0.25, 0.3) is 17.1 Å². The highest BCUT2D eigenvalue weighted by molar-refractivity contribution is 8.18. The van der Waals surface area contributed by atoms with E-state index in [0.717, 1.165) is 22.2 Å². The third kappa shape index (κ3) is 7.10. The molecule has 0 bridgehead atoms. The van der Waals surface area contributed by atoms with Crippen LogP contribution in [0.4, 0.5) is 10.5 Å². The van der Waals surface area contributed by atoms with E-state index in [0.29, 0.717) is 22.7 Å². The van der Waals surface area contributed by atoms with Crippen molar-refractivity contribution in [3.63, 3.8) is 0 Å². The first-order valence-corrected chi connectivity index (χ1v) is 11.6. The number of imide groups is 1. The van der Waals surface area contributed by atoms with Crippen LogP contribution >= 0.6 is 11.8 Å². The lowest BCUT2D eigenvalue weighted by Crippen LogP contribution is -2.35. The summed E-state index contributed by atoms with van der Waals surface area (Å²) in [6, 6.07) is 12.3. The summed E-state index contributed by atoms with van der Waals surface area (Å²) in [5.41, 5.74) is 2.27. The minimum atomic E-state index is -0.654. The topological polar surface area (TPSA) is 111 Å². The van der Waals surface area contributed by atoms with E-state index in [2.05, 4.69) is 5.32 Å². The fourth-order valence-corrected chi connectivity index (χ4v) is 4.01. The van der Waals surface area contributed by atoms with Crippen molar-refractivity contribution < 1.29 is 33.4 Å². The molecule has 1 aliphatic heterocycles. The van der Waals surface area contributed by atoms with Gasteiger partial charge in [-0.05, 0) is 74.0 Å². The van der Waals surface area contributed by atoms with Crippen molar-refractivity contribution in [2.24, 2.45) is 0 Å². The Morgan fingerprint density at radius 3 is 2.57 bits per heavy atom. The van der Waals surface area contributed by atoms with Crippen LogP contribution in [0.2, 0.25) is 0 Å². The van der Waals surface area contributed by atoms with Crippen molar-refractivity contribution in [2.45, 2.75) is 26.9 Å². The second-order valence-corrected chi connectivity index (χ2v) is 8.92. The third-order valence-electron chi connectivity index (χ3n) is 4.67. The summed E-state index contributed by atoms with van der Waals surface area (Å²) in [6.07, 6.45) is 1.18. The molecule has 1 aliphatic rings. The number of carbonyl (C=O) groups is 4. The predicted octanol–water partition coefficient (Wildman–Crippen LogP) is 4.01. The van der Waals surface area contributed by atoms with Gasteiger partial charge in [0.05, 0.1) is 18.1 Å². The lowest BCUT2D eigenvalue weighted by Gasteiger charge is -2.13. The summed E-state index contributed by atoms with van der Waals surface area (Å²) in [5, 5.41) is 2.22. The van der Waals surface area contributed by atoms with Crippen LogP contribution in [-0.2, 0) is 19.1 Å². The Kier molecular flexibility index (Phi) is 8.53. The van der Waals surface area contributed by atoms with Gasteiger partial charge in [-0.25, -0.2) is 0 Å². The Balaban J connectivity index is 1.65. The fourth-order valence-electron chi connectivity index (χ4n) is 3.17. The smallest absolute Gasteiger partial charge is 0.326 e. The maximum atomic E-state index is 12.6. The van der Waals surface area contributed by atoms with Crippen LogP contribution in [0.25, 0.3) is 6.08 Å². The van der Waals surface area contributed by atoms with Gasteiger partial charge < -0.3 is 19.5 Å². The van der Waals surface area contributed by atoms with Gasteiger partial charge in [0.2, 0.25) is 0 Å². The van der Waals surface area contributed by atoms with Crippen LogP contribution in [0.15, 0.2) is 47.4 Å². The largest absolute Gasteiger partial charge is 0.493 e. The molecule has 0 atom stereocenters. The first-order chi connectivity index (χ1) is 16.7. The molecule has 2 aromatic rings. The number of amides is 3. The number of esters is 1. The van der Waals surface area contributed by atoms with Crippen LogP contribution in [-0.4, -0.2) is 54.3 Å². The normalized spacial score (nSPS) is 14.4. The molecule has 0 spiro atoms. The molecule has 0 saturated carbocycles. The molecule has 3 amide bonds. The van der Waals surface area contributed by atoms with Crippen LogP contribution in [0, 0.1) is 6.92 Å². The zero-order chi connectivity index (χ0) is 25.5. The predicted molar refractivity (Wildman–Crippen MR) is 132 cm³/mol.